The smallest absolute Gasteiger partial charge is 0.288 e. The maximum atomic E-state index is 11.8. The average molecular weight is 429 g/mol. The van der Waals surface area contributed by atoms with E-state index in [4.69, 9.17) is 10.3 Å². The van der Waals surface area contributed by atoms with E-state index in [9.17, 15) is 14.9 Å². The molecule has 1 saturated heterocycles. The van der Waals surface area contributed by atoms with E-state index in [1.807, 2.05) is 29.3 Å². The Labute approximate surface area is 175 Å². The van der Waals surface area contributed by atoms with Gasteiger partial charge in [-0.3, -0.25) is 19.8 Å². The highest BCUT2D eigenvalue weighted by Crippen LogP contribution is 2.28. The minimum Gasteiger partial charge on any atom is -0.365 e. The number of nitrogens with zero attached hydrogens (tertiary/aromatic N) is 6. The SMILES string of the molecule is CC(c1nc(-c2cccs2)no1)N1CCN(c2ncc([N+](=O)[O-])cc2C(N)=O)CC1. The van der Waals surface area contributed by atoms with Crippen LogP contribution in [0.4, 0.5) is 11.5 Å². The Balaban J connectivity index is 1.45. The topological polar surface area (TPSA) is 145 Å². The van der Waals surface area contributed by atoms with Crippen molar-refractivity contribution in [1.29, 1.82) is 0 Å². The third-order valence-electron chi connectivity index (χ3n) is 5.03. The molecule has 0 aromatic carbocycles. The molecule has 1 amide bonds. The van der Waals surface area contributed by atoms with Crippen molar-refractivity contribution in [1.82, 2.24) is 20.0 Å². The molecule has 156 valence electrons. The summed E-state index contributed by atoms with van der Waals surface area (Å²) >= 11 is 1.55. The van der Waals surface area contributed by atoms with E-state index in [1.54, 1.807) is 11.3 Å². The van der Waals surface area contributed by atoms with Gasteiger partial charge in [0, 0.05) is 32.2 Å². The van der Waals surface area contributed by atoms with Crippen LogP contribution in [0, 0.1) is 10.1 Å². The van der Waals surface area contributed by atoms with Crippen molar-refractivity contribution in [3.05, 3.63) is 51.3 Å². The zero-order chi connectivity index (χ0) is 21.3. The Morgan fingerprint density at radius 1 is 1.37 bits per heavy atom. The minimum absolute atomic E-state index is 0.0446. The Morgan fingerprint density at radius 2 is 2.13 bits per heavy atom. The molecule has 0 saturated carbocycles. The normalized spacial score (nSPS) is 15.8. The second-order valence-electron chi connectivity index (χ2n) is 6.82. The number of primary amides is 1. The number of anilines is 1. The van der Waals surface area contributed by atoms with E-state index in [0.29, 0.717) is 43.7 Å². The van der Waals surface area contributed by atoms with E-state index in [-0.39, 0.29) is 17.3 Å². The predicted molar refractivity (Wildman–Crippen MR) is 109 cm³/mol. The maximum absolute atomic E-state index is 11.8. The van der Waals surface area contributed by atoms with E-state index in [1.165, 1.54) is 6.07 Å². The van der Waals surface area contributed by atoms with Crippen LogP contribution in [0.15, 0.2) is 34.3 Å². The zero-order valence-corrected chi connectivity index (χ0v) is 16.9. The third kappa shape index (κ3) is 3.86. The summed E-state index contributed by atoms with van der Waals surface area (Å²) in [6.45, 7) is 4.46. The Hall–Kier alpha value is -3.38. The van der Waals surface area contributed by atoms with Crippen LogP contribution < -0.4 is 10.6 Å². The van der Waals surface area contributed by atoms with Crippen LogP contribution >= 0.6 is 11.3 Å². The molecular weight excluding hydrogens is 410 g/mol. The second kappa shape index (κ2) is 8.16. The van der Waals surface area contributed by atoms with Crippen molar-refractivity contribution >= 4 is 28.7 Å². The Morgan fingerprint density at radius 3 is 2.77 bits per heavy atom. The number of carbonyl (C=O) groups excluding carboxylic acids is 1. The van der Waals surface area contributed by atoms with E-state index < -0.39 is 10.8 Å². The number of nitro groups is 1. The first-order valence-electron chi connectivity index (χ1n) is 9.24. The molecule has 3 aromatic rings. The van der Waals surface area contributed by atoms with Gasteiger partial charge in [0.15, 0.2) is 0 Å². The second-order valence-corrected chi connectivity index (χ2v) is 7.77. The number of hydrogen-bond acceptors (Lipinski definition) is 10. The van der Waals surface area contributed by atoms with Gasteiger partial charge in [-0.25, -0.2) is 4.98 Å². The number of aromatic nitrogens is 3. The third-order valence-corrected chi connectivity index (χ3v) is 5.90. The van der Waals surface area contributed by atoms with Crippen LogP contribution in [0.5, 0.6) is 0 Å². The van der Waals surface area contributed by atoms with Gasteiger partial charge in [-0.2, -0.15) is 4.98 Å². The number of rotatable bonds is 6. The van der Waals surface area contributed by atoms with Gasteiger partial charge in [-0.05, 0) is 18.4 Å². The quantitative estimate of drug-likeness (QED) is 0.460. The van der Waals surface area contributed by atoms with Gasteiger partial charge < -0.3 is 15.2 Å². The molecule has 4 heterocycles. The molecule has 30 heavy (non-hydrogen) atoms. The number of thiophene rings is 1. The largest absolute Gasteiger partial charge is 0.365 e. The highest BCUT2D eigenvalue weighted by atomic mass is 32.1. The molecule has 1 aliphatic rings. The zero-order valence-electron chi connectivity index (χ0n) is 16.1. The molecule has 12 heteroatoms. The van der Waals surface area contributed by atoms with Crippen molar-refractivity contribution in [3.8, 4) is 10.7 Å². The monoisotopic (exact) mass is 429 g/mol. The van der Waals surface area contributed by atoms with Gasteiger partial charge in [0.25, 0.3) is 11.6 Å². The summed E-state index contributed by atoms with van der Waals surface area (Å²) < 4.78 is 5.45. The van der Waals surface area contributed by atoms with Crippen molar-refractivity contribution in [2.24, 2.45) is 5.73 Å². The summed E-state index contributed by atoms with van der Waals surface area (Å²) in [5, 5.41) is 17.0. The lowest BCUT2D eigenvalue weighted by Gasteiger charge is -2.37. The van der Waals surface area contributed by atoms with Gasteiger partial charge in [0.05, 0.1) is 21.4 Å². The number of pyridine rings is 1. The Bertz CT molecular complexity index is 1060. The summed E-state index contributed by atoms with van der Waals surface area (Å²) in [6.07, 6.45) is 1.14. The molecular formula is C18H19N7O4S. The number of piperazine rings is 1. The molecule has 4 rings (SSSR count). The summed E-state index contributed by atoms with van der Waals surface area (Å²) in [4.78, 5) is 35.8. The number of carbonyl (C=O) groups is 1. The molecule has 3 aromatic heterocycles. The molecule has 11 nitrogen and oxygen atoms in total. The molecule has 2 N–H and O–H groups in total. The maximum Gasteiger partial charge on any atom is 0.288 e. The van der Waals surface area contributed by atoms with Crippen LogP contribution in [0.2, 0.25) is 0 Å². The number of hydrogen-bond donors (Lipinski definition) is 1. The molecule has 0 aliphatic carbocycles. The average Bonchev–Trinajstić information content (AvgIpc) is 3.44. The number of nitrogens with two attached hydrogens (primary N) is 1. The van der Waals surface area contributed by atoms with Crippen molar-refractivity contribution in [3.63, 3.8) is 0 Å². The lowest BCUT2D eigenvalue weighted by molar-refractivity contribution is -0.385. The van der Waals surface area contributed by atoms with Gasteiger partial charge in [-0.15, -0.1) is 11.3 Å². The first kappa shape index (κ1) is 19.9. The summed E-state index contributed by atoms with van der Waals surface area (Å²) in [5.74, 6) is 0.729. The van der Waals surface area contributed by atoms with Crippen molar-refractivity contribution in [2.75, 3.05) is 31.1 Å². The highest BCUT2D eigenvalue weighted by Gasteiger charge is 2.28. The fourth-order valence-electron chi connectivity index (χ4n) is 3.37. The van der Waals surface area contributed by atoms with Crippen LogP contribution in [0.3, 0.4) is 0 Å². The highest BCUT2D eigenvalue weighted by molar-refractivity contribution is 7.13. The van der Waals surface area contributed by atoms with Crippen molar-refractivity contribution < 1.29 is 14.2 Å². The van der Waals surface area contributed by atoms with Crippen LogP contribution in [-0.2, 0) is 0 Å². The van der Waals surface area contributed by atoms with Gasteiger partial charge in [-0.1, -0.05) is 11.2 Å². The molecule has 0 spiro atoms. The standard InChI is InChI=1S/C18H19N7O4S/c1-11(18-21-16(22-29-18)14-3-2-8-30-14)23-4-6-24(7-5-23)17-13(15(19)26)9-12(10-20-17)25(27)28/h2-3,8-11H,4-7H2,1H3,(H2,19,26). The lowest BCUT2D eigenvalue weighted by atomic mass is 10.1. The van der Waals surface area contributed by atoms with Crippen LogP contribution in [0.25, 0.3) is 10.7 Å². The molecule has 1 fully saturated rings. The Kier molecular flexibility index (Phi) is 5.42. The molecule has 0 radical (unpaired) electrons. The van der Waals surface area contributed by atoms with Crippen LogP contribution in [-0.4, -0.2) is 57.0 Å². The summed E-state index contributed by atoms with van der Waals surface area (Å²) in [7, 11) is 0. The van der Waals surface area contributed by atoms with E-state index >= 15 is 0 Å². The summed E-state index contributed by atoms with van der Waals surface area (Å²) in [5.41, 5.74) is 5.20. The van der Waals surface area contributed by atoms with Gasteiger partial charge in [0.1, 0.15) is 12.0 Å². The molecule has 0 bridgehead atoms. The van der Waals surface area contributed by atoms with Gasteiger partial charge in [0.2, 0.25) is 11.7 Å². The number of amides is 1. The molecule has 1 aliphatic heterocycles. The van der Waals surface area contributed by atoms with Gasteiger partial charge >= 0.3 is 0 Å². The molecule has 1 unspecified atom stereocenters. The first-order chi connectivity index (χ1) is 14.4. The fourth-order valence-corrected chi connectivity index (χ4v) is 4.02. The van der Waals surface area contributed by atoms with E-state index in [0.717, 1.165) is 11.1 Å². The lowest BCUT2D eigenvalue weighted by Crippen LogP contribution is -2.48. The van der Waals surface area contributed by atoms with E-state index in [2.05, 4.69) is 20.0 Å². The van der Waals surface area contributed by atoms with Crippen LogP contribution in [0.1, 0.15) is 29.2 Å². The van der Waals surface area contributed by atoms with Crippen molar-refractivity contribution in [2.45, 2.75) is 13.0 Å². The minimum atomic E-state index is -0.746. The predicted octanol–water partition coefficient (Wildman–Crippen LogP) is 2.08. The summed E-state index contributed by atoms with van der Waals surface area (Å²) in [6, 6.07) is 4.97. The fraction of sp³-hybridized carbons (Fsp3) is 0.333. The first-order valence-corrected chi connectivity index (χ1v) is 10.1. The molecule has 1 atom stereocenters.